The van der Waals surface area contributed by atoms with E-state index >= 15 is 0 Å². The number of rotatable bonds is 6. The standard InChI is InChI=1S/C30H28N8O/c39-30(19-7-3-1-4-8-19)34-22-11-20(14-31-16-22)21-12-24-28(36-37-29(24)33-15-21)25-13-23-26(35-25)17-32-18-27(23)38-9-5-2-6-10-38/h1,3-4,7-8,11-18,30,34-35,39H,2,5-6,9-10H2,(H,33,36,37). The zero-order chi connectivity index (χ0) is 26.2. The predicted molar refractivity (Wildman–Crippen MR) is 153 cm³/mol. The number of aromatic nitrogens is 6. The number of nitrogens with zero attached hydrogens (tertiary/aromatic N) is 5. The van der Waals surface area contributed by atoms with Gasteiger partial charge in [-0.15, -0.1) is 0 Å². The van der Waals surface area contributed by atoms with Gasteiger partial charge in [-0.2, -0.15) is 5.10 Å². The van der Waals surface area contributed by atoms with Crippen molar-refractivity contribution in [3.63, 3.8) is 0 Å². The molecule has 7 rings (SSSR count). The zero-order valence-electron chi connectivity index (χ0n) is 21.3. The van der Waals surface area contributed by atoms with Crippen LogP contribution in [0.5, 0.6) is 0 Å². The van der Waals surface area contributed by atoms with Crippen LogP contribution in [0.2, 0.25) is 0 Å². The first-order valence-corrected chi connectivity index (χ1v) is 13.2. The molecule has 9 heteroatoms. The third kappa shape index (κ3) is 4.46. The third-order valence-electron chi connectivity index (χ3n) is 7.38. The molecule has 6 aromatic rings. The van der Waals surface area contributed by atoms with E-state index in [0.717, 1.165) is 57.5 Å². The van der Waals surface area contributed by atoms with Crippen LogP contribution in [0.1, 0.15) is 31.1 Å². The van der Waals surface area contributed by atoms with E-state index in [-0.39, 0.29) is 0 Å². The molecular formula is C30H28N8O. The van der Waals surface area contributed by atoms with Crippen molar-refractivity contribution >= 4 is 33.3 Å². The van der Waals surface area contributed by atoms with E-state index in [1.807, 2.05) is 55.0 Å². The third-order valence-corrected chi connectivity index (χ3v) is 7.38. The van der Waals surface area contributed by atoms with Crippen LogP contribution in [0.4, 0.5) is 11.4 Å². The van der Waals surface area contributed by atoms with E-state index in [9.17, 15) is 5.11 Å². The minimum Gasteiger partial charge on any atom is -0.370 e. The first-order chi connectivity index (χ1) is 19.2. The van der Waals surface area contributed by atoms with E-state index in [1.54, 1.807) is 12.4 Å². The molecule has 1 aliphatic heterocycles. The molecule has 1 saturated heterocycles. The van der Waals surface area contributed by atoms with Crippen LogP contribution in [-0.2, 0) is 0 Å². The van der Waals surface area contributed by atoms with Gasteiger partial charge in [-0.3, -0.25) is 15.1 Å². The molecule has 1 atom stereocenters. The molecule has 6 heterocycles. The SMILES string of the molecule is OC(Nc1cncc(-c2cnc3[nH]nc(-c4cc5c(N6CCCCC6)cncc5[nH]4)c3c2)c1)c1ccccc1. The summed E-state index contributed by atoms with van der Waals surface area (Å²) in [4.78, 5) is 19.5. The van der Waals surface area contributed by atoms with Gasteiger partial charge in [-0.1, -0.05) is 30.3 Å². The molecule has 1 aromatic carbocycles. The van der Waals surface area contributed by atoms with Crippen LogP contribution in [0.25, 0.3) is 44.5 Å². The minimum atomic E-state index is -0.837. The molecule has 194 valence electrons. The van der Waals surface area contributed by atoms with Gasteiger partial charge < -0.3 is 20.3 Å². The molecule has 1 unspecified atom stereocenters. The van der Waals surface area contributed by atoms with Crippen LogP contribution in [0, 0.1) is 0 Å². The van der Waals surface area contributed by atoms with E-state index in [1.165, 1.54) is 24.9 Å². The smallest absolute Gasteiger partial charge is 0.155 e. The van der Waals surface area contributed by atoms with Gasteiger partial charge in [0.05, 0.1) is 41.2 Å². The molecule has 0 radical (unpaired) electrons. The van der Waals surface area contributed by atoms with Crippen molar-refractivity contribution in [1.29, 1.82) is 0 Å². The molecule has 0 spiro atoms. The summed E-state index contributed by atoms with van der Waals surface area (Å²) in [6.45, 7) is 2.12. The Labute approximate surface area is 225 Å². The summed E-state index contributed by atoms with van der Waals surface area (Å²) in [6, 6.07) is 15.7. The van der Waals surface area contributed by atoms with Gasteiger partial charge in [-0.05, 0) is 37.5 Å². The van der Waals surface area contributed by atoms with Crippen LogP contribution in [0.3, 0.4) is 0 Å². The van der Waals surface area contributed by atoms with Crippen molar-refractivity contribution in [2.45, 2.75) is 25.5 Å². The molecule has 0 amide bonds. The Bertz CT molecular complexity index is 1750. The maximum absolute atomic E-state index is 10.6. The van der Waals surface area contributed by atoms with Gasteiger partial charge >= 0.3 is 0 Å². The normalized spacial score (nSPS) is 14.6. The van der Waals surface area contributed by atoms with E-state index in [2.05, 4.69) is 52.5 Å². The number of aromatic amines is 2. The second kappa shape index (κ2) is 9.85. The summed E-state index contributed by atoms with van der Waals surface area (Å²) in [6.07, 6.45) is 12.0. The summed E-state index contributed by atoms with van der Waals surface area (Å²) in [7, 11) is 0. The number of aliphatic hydroxyl groups is 1. The van der Waals surface area contributed by atoms with Crippen molar-refractivity contribution in [3.05, 3.63) is 85.1 Å². The Morgan fingerprint density at radius 1 is 0.846 bits per heavy atom. The van der Waals surface area contributed by atoms with Gasteiger partial charge in [0.25, 0.3) is 0 Å². The van der Waals surface area contributed by atoms with Gasteiger partial charge in [0.15, 0.2) is 11.9 Å². The maximum atomic E-state index is 10.6. The monoisotopic (exact) mass is 516 g/mol. The first kappa shape index (κ1) is 23.4. The number of hydrogen-bond donors (Lipinski definition) is 4. The largest absolute Gasteiger partial charge is 0.370 e. The summed E-state index contributed by atoms with van der Waals surface area (Å²) in [5.74, 6) is 0. The average Bonchev–Trinajstić information content (AvgIpc) is 3.62. The Kier molecular flexibility index (Phi) is 5.90. The van der Waals surface area contributed by atoms with E-state index < -0.39 is 6.23 Å². The molecule has 0 bridgehead atoms. The van der Waals surface area contributed by atoms with Crippen molar-refractivity contribution in [2.24, 2.45) is 0 Å². The molecule has 39 heavy (non-hydrogen) atoms. The highest BCUT2D eigenvalue weighted by Crippen LogP contribution is 2.35. The number of anilines is 2. The second-order valence-electron chi connectivity index (χ2n) is 9.96. The van der Waals surface area contributed by atoms with Crippen molar-refractivity contribution in [3.8, 4) is 22.5 Å². The molecule has 0 saturated carbocycles. The summed E-state index contributed by atoms with van der Waals surface area (Å²) in [5.41, 5.74) is 7.88. The van der Waals surface area contributed by atoms with Gasteiger partial charge in [0.1, 0.15) is 5.69 Å². The predicted octanol–water partition coefficient (Wildman–Crippen LogP) is 5.66. The number of nitrogens with one attached hydrogen (secondary N) is 3. The first-order valence-electron chi connectivity index (χ1n) is 13.2. The molecule has 5 aromatic heterocycles. The van der Waals surface area contributed by atoms with Gasteiger partial charge in [0.2, 0.25) is 0 Å². The highest BCUT2D eigenvalue weighted by atomic mass is 16.3. The quantitative estimate of drug-likeness (QED) is 0.211. The second-order valence-corrected chi connectivity index (χ2v) is 9.96. The molecular weight excluding hydrogens is 488 g/mol. The Balaban J connectivity index is 1.22. The number of fused-ring (bicyclic) bond motifs is 2. The average molecular weight is 517 g/mol. The molecule has 1 fully saturated rings. The fourth-order valence-corrected chi connectivity index (χ4v) is 5.37. The number of benzene rings is 1. The number of H-pyrrole nitrogens is 2. The number of piperidine rings is 1. The highest BCUT2D eigenvalue weighted by molar-refractivity contribution is 5.99. The fourth-order valence-electron chi connectivity index (χ4n) is 5.37. The van der Waals surface area contributed by atoms with Crippen LogP contribution in [0.15, 0.2) is 79.5 Å². The highest BCUT2D eigenvalue weighted by Gasteiger charge is 2.18. The lowest BCUT2D eigenvalue weighted by atomic mass is 10.1. The number of hydrogen-bond acceptors (Lipinski definition) is 7. The van der Waals surface area contributed by atoms with Gasteiger partial charge in [0, 0.05) is 52.9 Å². The van der Waals surface area contributed by atoms with Crippen LogP contribution in [-0.4, -0.2) is 48.3 Å². The maximum Gasteiger partial charge on any atom is 0.155 e. The van der Waals surface area contributed by atoms with Crippen molar-refractivity contribution in [2.75, 3.05) is 23.3 Å². The molecule has 4 N–H and O–H groups in total. The lowest BCUT2D eigenvalue weighted by molar-refractivity contribution is 0.208. The fraction of sp³-hybridized carbons (Fsp3) is 0.200. The minimum absolute atomic E-state index is 0.712. The summed E-state index contributed by atoms with van der Waals surface area (Å²) in [5, 5.41) is 23.5. The molecule has 9 nitrogen and oxygen atoms in total. The topological polar surface area (TPSA) is 119 Å². The lowest BCUT2D eigenvalue weighted by Gasteiger charge is -2.28. The zero-order valence-corrected chi connectivity index (χ0v) is 21.3. The van der Waals surface area contributed by atoms with Crippen LogP contribution >= 0.6 is 0 Å². The summed E-state index contributed by atoms with van der Waals surface area (Å²) >= 11 is 0. The van der Waals surface area contributed by atoms with Crippen molar-refractivity contribution < 1.29 is 5.11 Å². The Morgan fingerprint density at radius 3 is 2.54 bits per heavy atom. The van der Waals surface area contributed by atoms with Crippen LogP contribution < -0.4 is 10.2 Å². The van der Waals surface area contributed by atoms with E-state index in [0.29, 0.717) is 11.3 Å². The number of pyridine rings is 3. The molecule has 0 aliphatic carbocycles. The Hall–Kier alpha value is -4.76. The lowest BCUT2D eigenvalue weighted by Crippen LogP contribution is -2.29. The summed E-state index contributed by atoms with van der Waals surface area (Å²) < 4.78 is 0. The Morgan fingerprint density at radius 2 is 1.67 bits per heavy atom. The van der Waals surface area contributed by atoms with E-state index in [4.69, 9.17) is 0 Å². The number of aliphatic hydroxyl groups excluding tert-OH is 1. The van der Waals surface area contributed by atoms with Crippen molar-refractivity contribution in [1.82, 2.24) is 30.1 Å². The van der Waals surface area contributed by atoms with Gasteiger partial charge in [-0.25, -0.2) is 4.98 Å². The molecule has 1 aliphatic rings.